The molecule has 0 spiro atoms. The van der Waals surface area contributed by atoms with E-state index in [4.69, 9.17) is 0 Å². The van der Waals surface area contributed by atoms with Crippen LogP contribution in [0.2, 0.25) is 0 Å². The minimum atomic E-state index is -0.220. The molecule has 0 aliphatic carbocycles. The van der Waals surface area contributed by atoms with Crippen molar-refractivity contribution in [2.75, 3.05) is 6.54 Å². The fraction of sp³-hybridized carbons (Fsp3) is 0.211. The Kier molecular flexibility index (Phi) is 5.09. The second-order valence-corrected chi connectivity index (χ2v) is 5.82. The van der Waals surface area contributed by atoms with E-state index in [2.05, 4.69) is 15.4 Å². The summed E-state index contributed by atoms with van der Waals surface area (Å²) in [7, 11) is 0. The molecule has 6 nitrogen and oxygen atoms in total. The fourth-order valence-corrected chi connectivity index (χ4v) is 2.59. The molecule has 3 aromatic rings. The number of hydrogen-bond acceptors (Lipinski definition) is 3. The predicted octanol–water partition coefficient (Wildman–Crippen LogP) is 2.23. The second-order valence-electron chi connectivity index (χ2n) is 5.82. The van der Waals surface area contributed by atoms with Gasteiger partial charge in [-0.3, -0.25) is 9.59 Å². The minimum absolute atomic E-state index is 0.187. The number of carbonyl (C=O) groups is 1. The average Bonchev–Trinajstić information content (AvgIpc) is 3.01. The van der Waals surface area contributed by atoms with E-state index in [9.17, 15) is 9.59 Å². The van der Waals surface area contributed by atoms with Crippen molar-refractivity contribution in [2.24, 2.45) is 0 Å². The molecule has 6 heteroatoms. The first-order chi connectivity index (χ1) is 12.1. The van der Waals surface area contributed by atoms with Gasteiger partial charge >= 0.3 is 0 Å². The Morgan fingerprint density at radius 3 is 2.72 bits per heavy atom. The van der Waals surface area contributed by atoms with Gasteiger partial charge in [-0.05, 0) is 43.5 Å². The highest BCUT2D eigenvalue weighted by Crippen LogP contribution is 2.13. The molecular formula is C19H20N4O2. The molecule has 0 radical (unpaired) electrons. The van der Waals surface area contributed by atoms with Crippen molar-refractivity contribution in [3.8, 4) is 5.69 Å². The molecule has 0 saturated heterocycles. The first kappa shape index (κ1) is 16.7. The number of amides is 1. The van der Waals surface area contributed by atoms with Crippen LogP contribution in [-0.2, 0) is 6.42 Å². The zero-order chi connectivity index (χ0) is 17.6. The minimum Gasteiger partial charge on any atom is -0.352 e. The van der Waals surface area contributed by atoms with E-state index < -0.39 is 0 Å². The Morgan fingerprint density at radius 2 is 2.00 bits per heavy atom. The van der Waals surface area contributed by atoms with E-state index >= 15 is 0 Å². The van der Waals surface area contributed by atoms with Gasteiger partial charge in [0, 0.05) is 25.0 Å². The summed E-state index contributed by atoms with van der Waals surface area (Å²) >= 11 is 0. The number of pyridine rings is 1. The van der Waals surface area contributed by atoms with Gasteiger partial charge in [-0.25, -0.2) is 4.68 Å². The van der Waals surface area contributed by atoms with Crippen LogP contribution >= 0.6 is 0 Å². The number of hydrogen-bond donors (Lipinski definition) is 2. The molecule has 128 valence electrons. The summed E-state index contributed by atoms with van der Waals surface area (Å²) in [5.74, 6) is -0.187. The lowest BCUT2D eigenvalue weighted by atomic mass is 10.1. The lowest BCUT2D eigenvalue weighted by Crippen LogP contribution is -2.25. The molecule has 2 N–H and O–H groups in total. The third kappa shape index (κ3) is 4.23. The van der Waals surface area contributed by atoms with Crippen LogP contribution in [-0.4, -0.2) is 27.2 Å². The molecule has 2 aromatic heterocycles. The highest BCUT2D eigenvalue weighted by molar-refractivity contribution is 5.93. The molecule has 0 unspecified atom stereocenters. The molecule has 1 aromatic carbocycles. The number of carbonyl (C=O) groups excluding carboxylic acids is 1. The molecular weight excluding hydrogens is 316 g/mol. The zero-order valence-corrected chi connectivity index (χ0v) is 14.0. The van der Waals surface area contributed by atoms with Crippen LogP contribution in [0.25, 0.3) is 5.69 Å². The normalized spacial score (nSPS) is 10.6. The summed E-state index contributed by atoms with van der Waals surface area (Å²) in [6.45, 7) is 2.56. The van der Waals surface area contributed by atoms with Crippen molar-refractivity contribution in [1.29, 1.82) is 0 Å². The van der Waals surface area contributed by atoms with Crippen molar-refractivity contribution < 1.29 is 4.79 Å². The third-order valence-corrected chi connectivity index (χ3v) is 3.98. The van der Waals surface area contributed by atoms with Gasteiger partial charge in [-0.2, -0.15) is 5.10 Å². The van der Waals surface area contributed by atoms with E-state index in [0.29, 0.717) is 12.1 Å². The number of aromatic nitrogens is 3. The van der Waals surface area contributed by atoms with Crippen molar-refractivity contribution in [3.05, 3.63) is 82.0 Å². The summed E-state index contributed by atoms with van der Waals surface area (Å²) < 4.78 is 1.88. The lowest BCUT2D eigenvalue weighted by molar-refractivity contribution is 0.0953. The number of para-hydroxylation sites is 1. The number of aromatic amines is 1. The van der Waals surface area contributed by atoms with Gasteiger partial charge in [0.25, 0.3) is 5.91 Å². The Morgan fingerprint density at radius 1 is 1.20 bits per heavy atom. The smallest absolute Gasteiger partial charge is 0.252 e. The number of benzene rings is 1. The maximum absolute atomic E-state index is 12.0. The van der Waals surface area contributed by atoms with E-state index in [0.717, 1.165) is 24.2 Å². The predicted molar refractivity (Wildman–Crippen MR) is 96.0 cm³/mol. The Hall–Kier alpha value is -3.15. The molecule has 3 rings (SSSR count). The molecule has 1 amide bonds. The third-order valence-electron chi connectivity index (χ3n) is 3.98. The molecule has 0 aliphatic rings. The second kappa shape index (κ2) is 7.61. The van der Waals surface area contributed by atoms with Gasteiger partial charge in [0.15, 0.2) is 0 Å². The van der Waals surface area contributed by atoms with Crippen LogP contribution in [0.3, 0.4) is 0 Å². The Labute approximate surface area is 145 Å². The van der Waals surface area contributed by atoms with Crippen LogP contribution in [0, 0.1) is 6.92 Å². The SMILES string of the molecule is Cc1nn(-c2ccccc2)cc1CCCNC(=O)c1ccc(=O)[nH]c1. The molecule has 0 aliphatic heterocycles. The van der Waals surface area contributed by atoms with Crippen LogP contribution in [0.4, 0.5) is 0 Å². The Balaban J connectivity index is 1.52. The molecule has 2 heterocycles. The highest BCUT2D eigenvalue weighted by Gasteiger charge is 2.07. The van der Waals surface area contributed by atoms with Crippen molar-refractivity contribution in [3.63, 3.8) is 0 Å². The van der Waals surface area contributed by atoms with Gasteiger partial charge in [-0.15, -0.1) is 0 Å². The van der Waals surface area contributed by atoms with Crippen LogP contribution in [0.15, 0.2) is 59.7 Å². The summed E-state index contributed by atoms with van der Waals surface area (Å²) in [6, 6.07) is 12.8. The monoisotopic (exact) mass is 336 g/mol. The zero-order valence-electron chi connectivity index (χ0n) is 14.0. The number of H-pyrrole nitrogens is 1. The maximum atomic E-state index is 12.0. The topological polar surface area (TPSA) is 79.8 Å². The van der Waals surface area contributed by atoms with Gasteiger partial charge < -0.3 is 10.3 Å². The summed E-state index contributed by atoms with van der Waals surface area (Å²) in [6.07, 6.45) is 5.11. The van der Waals surface area contributed by atoms with Crippen molar-refractivity contribution in [1.82, 2.24) is 20.1 Å². The van der Waals surface area contributed by atoms with Crippen molar-refractivity contribution in [2.45, 2.75) is 19.8 Å². The van der Waals surface area contributed by atoms with Gasteiger partial charge in [-0.1, -0.05) is 18.2 Å². The first-order valence-electron chi connectivity index (χ1n) is 8.21. The van der Waals surface area contributed by atoms with E-state index in [1.165, 1.54) is 23.9 Å². The van der Waals surface area contributed by atoms with Crippen LogP contribution < -0.4 is 10.9 Å². The number of aryl methyl sites for hydroxylation is 2. The van der Waals surface area contributed by atoms with E-state index in [-0.39, 0.29) is 11.5 Å². The number of rotatable bonds is 6. The van der Waals surface area contributed by atoms with Gasteiger partial charge in [0.1, 0.15) is 0 Å². The summed E-state index contributed by atoms with van der Waals surface area (Å²) in [4.78, 5) is 25.5. The highest BCUT2D eigenvalue weighted by atomic mass is 16.1. The quantitative estimate of drug-likeness (QED) is 0.678. The van der Waals surface area contributed by atoms with Crippen LogP contribution in [0.5, 0.6) is 0 Å². The van der Waals surface area contributed by atoms with E-state index in [1.54, 1.807) is 0 Å². The fourth-order valence-electron chi connectivity index (χ4n) is 2.59. The van der Waals surface area contributed by atoms with Gasteiger partial charge in [0.05, 0.1) is 16.9 Å². The van der Waals surface area contributed by atoms with Crippen molar-refractivity contribution >= 4 is 5.91 Å². The molecule has 25 heavy (non-hydrogen) atoms. The average molecular weight is 336 g/mol. The summed E-state index contributed by atoms with van der Waals surface area (Å²) in [5.41, 5.74) is 3.43. The standard InChI is InChI=1S/C19H20N4O2/c1-14-16(13-23(22-14)17-7-3-2-4-8-17)6-5-11-20-19(25)15-9-10-18(24)21-12-15/h2-4,7-10,12-13H,5-6,11H2,1H3,(H,20,25)(H,21,24). The molecule has 0 bridgehead atoms. The molecule has 0 fully saturated rings. The van der Waals surface area contributed by atoms with Gasteiger partial charge in [0.2, 0.25) is 5.56 Å². The Bertz CT molecular complexity index is 892. The lowest BCUT2D eigenvalue weighted by Gasteiger charge is -2.04. The maximum Gasteiger partial charge on any atom is 0.252 e. The van der Waals surface area contributed by atoms with Crippen LogP contribution in [0.1, 0.15) is 28.0 Å². The molecule has 0 atom stereocenters. The van der Waals surface area contributed by atoms with E-state index in [1.807, 2.05) is 48.1 Å². The first-order valence-corrected chi connectivity index (χ1v) is 8.21. The summed E-state index contributed by atoms with van der Waals surface area (Å²) in [5, 5.41) is 7.40. The number of nitrogens with one attached hydrogen (secondary N) is 2. The largest absolute Gasteiger partial charge is 0.352 e. The number of nitrogens with zero attached hydrogens (tertiary/aromatic N) is 2. The molecule has 0 saturated carbocycles.